The number of anilines is 1. The lowest BCUT2D eigenvalue weighted by molar-refractivity contribution is 0.0807. The van der Waals surface area contributed by atoms with E-state index in [1.807, 2.05) is 6.20 Å². The maximum absolute atomic E-state index is 10.1. The smallest absolute Gasteiger partial charge is 0.224 e. The van der Waals surface area contributed by atoms with Crippen LogP contribution in [0.15, 0.2) is 36.7 Å². The average Bonchev–Trinajstić information content (AvgIpc) is 3.36. The molecule has 0 amide bonds. The highest BCUT2D eigenvalue weighted by atomic mass is 16.3. The van der Waals surface area contributed by atoms with Crippen LogP contribution >= 0.6 is 0 Å². The van der Waals surface area contributed by atoms with E-state index in [1.54, 1.807) is 0 Å². The van der Waals surface area contributed by atoms with E-state index in [9.17, 15) is 5.11 Å². The Morgan fingerprint density at radius 1 is 1.00 bits per heavy atom. The highest BCUT2D eigenvalue weighted by molar-refractivity contribution is 5.94. The predicted molar refractivity (Wildman–Crippen MR) is 158 cm³/mol. The standard InChI is InChI=1S/C31H45N7O/c1-2-13-33-31-34-20-28-29(22-38(30(28)35-31)25-9-11-27(39)12-10-25)24-7-5-23(6-8-24)21-36-15-17-37(18-16-36)26-4-3-14-32-19-26/h5-8,20,22,25-27,32,39H,2-4,9-19,21H2,1H3,(H,33,34,35). The number of benzene rings is 1. The van der Waals surface area contributed by atoms with Gasteiger partial charge in [-0.25, -0.2) is 4.98 Å². The average molecular weight is 532 g/mol. The van der Waals surface area contributed by atoms with Gasteiger partial charge in [-0.15, -0.1) is 0 Å². The van der Waals surface area contributed by atoms with Gasteiger partial charge in [0.15, 0.2) is 0 Å². The van der Waals surface area contributed by atoms with Gasteiger partial charge in [0.05, 0.1) is 6.10 Å². The third kappa shape index (κ3) is 6.14. The molecule has 0 radical (unpaired) electrons. The summed E-state index contributed by atoms with van der Waals surface area (Å²) in [6, 6.07) is 10.2. The summed E-state index contributed by atoms with van der Waals surface area (Å²) in [5, 5.41) is 18.1. The SMILES string of the molecule is CCCNc1ncc2c(-c3ccc(CN4CCN(C5CCCNC5)CC4)cc3)cn(C3CCC(O)CC3)c2n1. The van der Waals surface area contributed by atoms with Crippen molar-refractivity contribution >= 4 is 17.0 Å². The molecule has 3 aliphatic rings. The molecule has 3 N–H and O–H groups in total. The van der Waals surface area contributed by atoms with Crippen LogP contribution in [0.4, 0.5) is 5.95 Å². The molecule has 6 rings (SSSR count). The second-order valence-corrected chi connectivity index (χ2v) is 11.8. The minimum Gasteiger partial charge on any atom is -0.393 e. The Kier molecular flexibility index (Phi) is 8.44. The van der Waals surface area contributed by atoms with E-state index in [-0.39, 0.29) is 6.10 Å². The highest BCUT2D eigenvalue weighted by Gasteiger charge is 2.26. The zero-order valence-electron chi connectivity index (χ0n) is 23.5. The Morgan fingerprint density at radius 2 is 1.79 bits per heavy atom. The first-order valence-electron chi connectivity index (χ1n) is 15.2. The minimum atomic E-state index is -0.168. The Bertz CT molecular complexity index is 1200. The summed E-state index contributed by atoms with van der Waals surface area (Å²) < 4.78 is 2.35. The van der Waals surface area contributed by atoms with Crippen LogP contribution in [0.25, 0.3) is 22.2 Å². The lowest BCUT2D eigenvalue weighted by Crippen LogP contribution is -2.54. The lowest BCUT2D eigenvalue weighted by Gasteiger charge is -2.40. The summed E-state index contributed by atoms with van der Waals surface area (Å²) in [6.07, 6.45) is 11.5. The number of aliphatic hydroxyl groups is 1. The maximum Gasteiger partial charge on any atom is 0.224 e. The summed E-state index contributed by atoms with van der Waals surface area (Å²) in [4.78, 5) is 14.9. The quantitative estimate of drug-likeness (QED) is 0.401. The van der Waals surface area contributed by atoms with E-state index in [2.05, 4.69) is 67.4 Å². The predicted octanol–water partition coefficient (Wildman–Crippen LogP) is 4.27. The number of hydrogen-bond donors (Lipinski definition) is 3. The number of piperazine rings is 1. The van der Waals surface area contributed by atoms with Crippen LogP contribution in [-0.2, 0) is 6.54 Å². The zero-order chi connectivity index (χ0) is 26.6. The molecule has 2 saturated heterocycles. The van der Waals surface area contributed by atoms with Crippen LogP contribution in [0, 0.1) is 0 Å². The number of aromatic nitrogens is 3. The van der Waals surface area contributed by atoms with Crippen LogP contribution < -0.4 is 10.6 Å². The van der Waals surface area contributed by atoms with E-state index < -0.39 is 0 Å². The fourth-order valence-electron chi connectivity index (χ4n) is 6.68. The monoisotopic (exact) mass is 531 g/mol. The molecule has 39 heavy (non-hydrogen) atoms. The summed E-state index contributed by atoms with van der Waals surface area (Å²) in [5.41, 5.74) is 4.78. The summed E-state index contributed by atoms with van der Waals surface area (Å²) in [5.74, 6) is 0.696. The molecule has 2 aromatic heterocycles. The van der Waals surface area contributed by atoms with Crippen molar-refractivity contribution in [2.45, 2.75) is 76.6 Å². The third-order valence-electron chi connectivity index (χ3n) is 9.03. The van der Waals surface area contributed by atoms with Gasteiger partial charge < -0.3 is 20.3 Å². The number of aliphatic hydroxyl groups excluding tert-OH is 1. The summed E-state index contributed by atoms with van der Waals surface area (Å²) in [6.45, 7) is 11.0. The second-order valence-electron chi connectivity index (χ2n) is 11.8. The highest BCUT2D eigenvalue weighted by Crippen LogP contribution is 2.36. The number of piperidine rings is 1. The summed E-state index contributed by atoms with van der Waals surface area (Å²) in [7, 11) is 0. The second kappa shape index (κ2) is 12.3. The van der Waals surface area contributed by atoms with Crippen LogP contribution in [-0.4, -0.2) is 87.4 Å². The molecule has 0 bridgehead atoms. The molecule has 3 aromatic rings. The van der Waals surface area contributed by atoms with Crippen molar-refractivity contribution in [1.29, 1.82) is 0 Å². The first-order chi connectivity index (χ1) is 19.2. The first-order valence-corrected chi connectivity index (χ1v) is 15.2. The molecule has 3 fully saturated rings. The molecule has 1 aromatic carbocycles. The van der Waals surface area contributed by atoms with Crippen molar-refractivity contribution in [2.24, 2.45) is 0 Å². The van der Waals surface area contributed by atoms with Gasteiger partial charge in [-0.05, 0) is 62.6 Å². The maximum atomic E-state index is 10.1. The summed E-state index contributed by atoms with van der Waals surface area (Å²) >= 11 is 0. The van der Waals surface area contributed by atoms with E-state index >= 15 is 0 Å². The number of fused-ring (bicyclic) bond motifs is 1. The van der Waals surface area contributed by atoms with Crippen LogP contribution in [0.1, 0.15) is 63.5 Å². The van der Waals surface area contributed by atoms with E-state index in [0.29, 0.717) is 12.0 Å². The van der Waals surface area contributed by atoms with Gasteiger partial charge in [-0.2, -0.15) is 4.98 Å². The molecule has 1 aliphatic carbocycles. The Morgan fingerprint density at radius 3 is 2.51 bits per heavy atom. The number of nitrogens with one attached hydrogen (secondary N) is 2. The van der Waals surface area contributed by atoms with Gasteiger partial charge in [0.25, 0.3) is 0 Å². The number of nitrogens with zero attached hydrogens (tertiary/aromatic N) is 5. The van der Waals surface area contributed by atoms with Gasteiger partial charge in [0.1, 0.15) is 5.65 Å². The van der Waals surface area contributed by atoms with Gasteiger partial charge in [0.2, 0.25) is 5.95 Å². The van der Waals surface area contributed by atoms with Gasteiger partial charge in [0, 0.05) is 81.2 Å². The van der Waals surface area contributed by atoms with Crippen LogP contribution in [0.2, 0.25) is 0 Å². The van der Waals surface area contributed by atoms with E-state index in [0.717, 1.165) is 81.9 Å². The molecular weight excluding hydrogens is 486 g/mol. The van der Waals surface area contributed by atoms with Crippen molar-refractivity contribution < 1.29 is 5.11 Å². The zero-order valence-corrected chi connectivity index (χ0v) is 23.5. The largest absolute Gasteiger partial charge is 0.393 e. The molecule has 2 aliphatic heterocycles. The van der Waals surface area contributed by atoms with Crippen molar-refractivity contribution in [1.82, 2.24) is 29.7 Å². The minimum absolute atomic E-state index is 0.168. The van der Waals surface area contributed by atoms with Crippen LogP contribution in [0.5, 0.6) is 0 Å². The van der Waals surface area contributed by atoms with Gasteiger partial charge in [-0.1, -0.05) is 31.2 Å². The first kappa shape index (κ1) is 26.7. The normalized spacial score (nSPS) is 25.2. The Hall–Kier alpha value is -2.52. The fourth-order valence-corrected chi connectivity index (χ4v) is 6.68. The fraction of sp³-hybridized carbons (Fsp3) is 0.613. The molecule has 1 atom stereocenters. The molecule has 1 saturated carbocycles. The molecule has 4 heterocycles. The van der Waals surface area contributed by atoms with E-state index in [4.69, 9.17) is 4.98 Å². The lowest BCUT2D eigenvalue weighted by atomic mass is 9.93. The van der Waals surface area contributed by atoms with Crippen LogP contribution in [0.3, 0.4) is 0 Å². The Balaban J connectivity index is 1.17. The molecule has 8 heteroatoms. The third-order valence-corrected chi connectivity index (χ3v) is 9.03. The number of rotatable bonds is 8. The van der Waals surface area contributed by atoms with Crippen molar-refractivity contribution in [3.05, 3.63) is 42.2 Å². The number of hydrogen-bond acceptors (Lipinski definition) is 7. The Labute approximate surface area is 232 Å². The van der Waals surface area contributed by atoms with Crippen molar-refractivity contribution in [3.8, 4) is 11.1 Å². The molecular formula is C31H45N7O. The van der Waals surface area contributed by atoms with Gasteiger partial charge in [-0.3, -0.25) is 9.80 Å². The molecule has 8 nitrogen and oxygen atoms in total. The molecule has 1 unspecified atom stereocenters. The van der Waals surface area contributed by atoms with Crippen molar-refractivity contribution in [3.63, 3.8) is 0 Å². The van der Waals surface area contributed by atoms with E-state index in [1.165, 1.54) is 49.2 Å². The molecule has 210 valence electrons. The molecule has 0 spiro atoms. The van der Waals surface area contributed by atoms with Gasteiger partial charge >= 0.3 is 0 Å². The topological polar surface area (TPSA) is 81.5 Å². The van der Waals surface area contributed by atoms with Crippen molar-refractivity contribution in [2.75, 3.05) is 51.1 Å².